The largest absolute Gasteiger partial charge is 0.528 e. The Bertz CT molecular complexity index is 1200. The topological polar surface area (TPSA) is 85.3 Å². The molecule has 0 aromatic heterocycles. The van der Waals surface area contributed by atoms with Crippen LogP contribution in [0.4, 0.5) is 9.18 Å². The molecule has 0 unspecified atom stereocenters. The third kappa shape index (κ3) is 5.35. The molecule has 3 aromatic rings. The molecular formula is C26H24FNO6. The molecule has 0 fully saturated rings. The SMILES string of the molecule is COc1ccc(CC(=O)O)cc1-c1ccc(F)c2c1CN(OC(=O)OCc1ccccc1)CC2. The molecule has 0 atom stereocenters. The minimum atomic E-state index is -0.953. The summed E-state index contributed by atoms with van der Waals surface area (Å²) in [5.74, 6) is -0.764. The van der Waals surface area contributed by atoms with Gasteiger partial charge >= 0.3 is 12.1 Å². The van der Waals surface area contributed by atoms with Gasteiger partial charge in [-0.15, -0.1) is 5.06 Å². The maximum absolute atomic E-state index is 14.6. The van der Waals surface area contributed by atoms with Crippen LogP contribution in [0.15, 0.2) is 60.7 Å². The summed E-state index contributed by atoms with van der Waals surface area (Å²) in [4.78, 5) is 28.8. The number of ether oxygens (including phenoxy) is 2. The normalized spacial score (nSPS) is 13.1. The predicted octanol–water partition coefficient (Wildman–Crippen LogP) is 4.75. The van der Waals surface area contributed by atoms with Crippen LogP contribution >= 0.6 is 0 Å². The number of methoxy groups -OCH3 is 1. The summed E-state index contributed by atoms with van der Waals surface area (Å²) in [5, 5.41) is 10.6. The highest BCUT2D eigenvalue weighted by Gasteiger charge is 2.26. The van der Waals surface area contributed by atoms with Crippen LogP contribution in [0.1, 0.15) is 22.3 Å². The Hall–Kier alpha value is -3.91. The van der Waals surface area contributed by atoms with Crippen LogP contribution in [-0.4, -0.2) is 35.9 Å². The van der Waals surface area contributed by atoms with E-state index in [2.05, 4.69) is 0 Å². The Morgan fingerprint density at radius 3 is 2.53 bits per heavy atom. The van der Waals surface area contributed by atoms with E-state index in [9.17, 15) is 19.1 Å². The summed E-state index contributed by atoms with van der Waals surface area (Å²) < 4.78 is 25.3. The van der Waals surface area contributed by atoms with Gasteiger partial charge in [-0.1, -0.05) is 42.5 Å². The van der Waals surface area contributed by atoms with Crippen molar-refractivity contribution in [2.24, 2.45) is 0 Å². The second kappa shape index (κ2) is 10.4. The van der Waals surface area contributed by atoms with E-state index in [1.54, 1.807) is 24.3 Å². The highest BCUT2D eigenvalue weighted by Crippen LogP contribution is 2.37. The maximum atomic E-state index is 14.6. The van der Waals surface area contributed by atoms with E-state index < -0.39 is 12.1 Å². The molecule has 0 bridgehead atoms. The number of carboxylic acid groups (broad SMARTS) is 1. The van der Waals surface area contributed by atoms with E-state index in [4.69, 9.17) is 14.3 Å². The summed E-state index contributed by atoms with van der Waals surface area (Å²) >= 11 is 0. The Morgan fingerprint density at radius 1 is 1.00 bits per heavy atom. The van der Waals surface area contributed by atoms with Crippen LogP contribution in [0, 0.1) is 5.82 Å². The standard InChI is InChI=1S/C26H24FNO6/c1-32-24-10-7-18(14-25(29)30)13-21(24)19-8-9-23(27)20-11-12-28(15-22(19)20)34-26(31)33-16-17-5-3-2-4-6-17/h2-10,13H,11-12,14-16H2,1H3,(H,29,30). The molecule has 0 aliphatic carbocycles. The molecule has 8 heteroatoms. The number of nitrogens with zero attached hydrogens (tertiary/aromatic N) is 1. The summed E-state index contributed by atoms with van der Waals surface area (Å²) in [6, 6.07) is 17.4. The monoisotopic (exact) mass is 465 g/mol. The summed E-state index contributed by atoms with van der Waals surface area (Å²) in [5.41, 5.74) is 3.93. The average molecular weight is 465 g/mol. The van der Waals surface area contributed by atoms with Crippen LogP contribution < -0.4 is 4.74 Å². The van der Waals surface area contributed by atoms with Crippen LogP contribution in [0.25, 0.3) is 11.1 Å². The van der Waals surface area contributed by atoms with E-state index in [1.165, 1.54) is 18.2 Å². The van der Waals surface area contributed by atoms with Gasteiger partial charge in [0.15, 0.2) is 0 Å². The molecule has 1 N–H and O–H groups in total. The van der Waals surface area contributed by atoms with Gasteiger partial charge in [0.2, 0.25) is 0 Å². The van der Waals surface area contributed by atoms with Gasteiger partial charge in [-0.3, -0.25) is 4.79 Å². The van der Waals surface area contributed by atoms with Crippen LogP contribution in [0.2, 0.25) is 0 Å². The number of halogens is 1. The first-order valence-electron chi connectivity index (χ1n) is 10.8. The molecule has 1 aliphatic heterocycles. The smallest absolute Gasteiger partial charge is 0.496 e. The third-order valence-corrected chi connectivity index (χ3v) is 5.63. The number of hydroxylamine groups is 2. The lowest BCUT2D eigenvalue weighted by Gasteiger charge is -2.29. The molecular weight excluding hydrogens is 441 g/mol. The number of rotatable bonds is 7. The van der Waals surface area contributed by atoms with Gasteiger partial charge < -0.3 is 19.4 Å². The van der Waals surface area contributed by atoms with Gasteiger partial charge in [0.05, 0.1) is 20.1 Å². The van der Waals surface area contributed by atoms with Crippen LogP contribution in [0.3, 0.4) is 0 Å². The van der Waals surface area contributed by atoms with Crippen molar-refractivity contribution in [1.82, 2.24) is 5.06 Å². The second-order valence-electron chi connectivity index (χ2n) is 7.89. The Labute approximate surface area is 196 Å². The first-order valence-corrected chi connectivity index (χ1v) is 10.8. The lowest BCUT2D eigenvalue weighted by molar-refractivity contribution is -0.139. The van der Waals surface area contributed by atoms with Crippen molar-refractivity contribution < 1.29 is 33.4 Å². The fraction of sp³-hybridized carbons (Fsp3) is 0.231. The zero-order chi connectivity index (χ0) is 24.1. The fourth-order valence-electron chi connectivity index (χ4n) is 4.04. The van der Waals surface area contributed by atoms with Crippen LogP contribution in [-0.2, 0) is 40.4 Å². The minimum absolute atomic E-state index is 0.0809. The maximum Gasteiger partial charge on any atom is 0.528 e. The molecule has 0 radical (unpaired) electrons. The zero-order valence-electron chi connectivity index (χ0n) is 18.6. The lowest BCUT2D eigenvalue weighted by atomic mass is 9.90. The molecule has 4 rings (SSSR count). The highest BCUT2D eigenvalue weighted by molar-refractivity contribution is 5.77. The molecule has 0 spiro atoms. The number of fused-ring (bicyclic) bond motifs is 1. The number of hydrogen-bond acceptors (Lipinski definition) is 6. The van der Waals surface area contributed by atoms with Crippen LogP contribution in [0.5, 0.6) is 5.75 Å². The van der Waals surface area contributed by atoms with E-state index in [0.717, 1.165) is 5.56 Å². The molecule has 176 valence electrons. The quantitative estimate of drug-likeness (QED) is 0.504. The number of aliphatic carboxylic acids is 1. The van der Waals surface area contributed by atoms with Crippen molar-refractivity contribution in [2.45, 2.75) is 26.0 Å². The predicted molar refractivity (Wildman–Crippen MR) is 122 cm³/mol. The number of carboxylic acids is 1. The minimum Gasteiger partial charge on any atom is -0.496 e. The zero-order valence-corrected chi connectivity index (χ0v) is 18.6. The number of carbonyl (C=O) groups excluding carboxylic acids is 1. The number of benzene rings is 3. The average Bonchev–Trinajstić information content (AvgIpc) is 2.83. The van der Waals surface area contributed by atoms with Gasteiger partial charge in [0, 0.05) is 12.1 Å². The van der Waals surface area contributed by atoms with Gasteiger partial charge in [0.25, 0.3) is 0 Å². The van der Waals surface area contributed by atoms with Gasteiger partial charge in [-0.2, -0.15) is 0 Å². The Morgan fingerprint density at radius 2 is 1.79 bits per heavy atom. The number of hydrogen-bond donors (Lipinski definition) is 1. The van der Waals surface area contributed by atoms with Crippen molar-refractivity contribution >= 4 is 12.1 Å². The van der Waals surface area contributed by atoms with Crippen molar-refractivity contribution in [3.05, 3.63) is 88.7 Å². The van der Waals surface area contributed by atoms with Gasteiger partial charge in [0.1, 0.15) is 18.2 Å². The highest BCUT2D eigenvalue weighted by atomic mass is 19.1. The van der Waals surface area contributed by atoms with Crippen molar-refractivity contribution in [2.75, 3.05) is 13.7 Å². The Kier molecular flexibility index (Phi) is 7.08. The van der Waals surface area contributed by atoms with Gasteiger partial charge in [-0.05, 0) is 52.4 Å². The third-order valence-electron chi connectivity index (χ3n) is 5.63. The molecule has 34 heavy (non-hydrogen) atoms. The van der Waals surface area contributed by atoms with Crippen molar-refractivity contribution in [3.63, 3.8) is 0 Å². The molecule has 0 amide bonds. The first kappa shape index (κ1) is 23.3. The molecule has 7 nitrogen and oxygen atoms in total. The Balaban J connectivity index is 1.56. The van der Waals surface area contributed by atoms with E-state index in [0.29, 0.717) is 46.5 Å². The molecule has 1 aliphatic rings. The van der Waals surface area contributed by atoms with E-state index >= 15 is 0 Å². The summed E-state index contributed by atoms with van der Waals surface area (Å²) in [7, 11) is 1.52. The molecule has 0 saturated heterocycles. The lowest BCUT2D eigenvalue weighted by Crippen LogP contribution is -2.34. The van der Waals surface area contributed by atoms with Crippen molar-refractivity contribution in [3.8, 4) is 16.9 Å². The van der Waals surface area contributed by atoms with E-state index in [1.807, 2.05) is 30.3 Å². The van der Waals surface area contributed by atoms with E-state index in [-0.39, 0.29) is 25.4 Å². The fourth-order valence-corrected chi connectivity index (χ4v) is 4.04. The van der Waals surface area contributed by atoms with Gasteiger partial charge in [-0.25, -0.2) is 9.18 Å². The second-order valence-corrected chi connectivity index (χ2v) is 7.89. The van der Waals surface area contributed by atoms with Crippen molar-refractivity contribution in [1.29, 1.82) is 0 Å². The summed E-state index contributed by atoms with van der Waals surface area (Å²) in [6.45, 7) is 0.538. The first-order chi connectivity index (χ1) is 16.4. The molecule has 0 saturated carbocycles. The number of carbonyl (C=O) groups is 2. The molecule has 3 aromatic carbocycles. The summed E-state index contributed by atoms with van der Waals surface area (Å²) in [6.07, 6.45) is -0.660. The molecule has 1 heterocycles.